The van der Waals surface area contributed by atoms with E-state index in [4.69, 9.17) is 15.3 Å². The summed E-state index contributed by atoms with van der Waals surface area (Å²) in [4.78, 5) is 15.1. The number of aliphatic carboxylic acids is 1. The molecule has 0 bridgehead atoms. The number of unbranched alkanes of at least 4 members (excludes halogenated alkanes) is 3. The zero-order chi connectivity index (χ0) is 18.6. The van der Waals surface area contributed by atoms with Crippen molar-refractivity contribution in [2.24, 2.45) is 0 Å². The Morgan fingerprint density at radius 2 is 1.72 bits per heavy atom. The van der Waals surface area contributed by atoms with Crippen LogP contribution in [0.3, 0.4) is 0 Å². The van der Waals surface area contributed by atoms with Crippen molar-refractivity contribution < 1.29 is 25.1 Å². The van der Waals surface area contributed by atoms with Crippen LogP contribution in [0.15, 0.2) is 48.6 Å². The second-order valence-electron chi connectivity index (χ2n) is 5.72. The van der Waals surface area contributed by atoms with Gasteiger partial charge >= 0.3 is 5.97 Å². The van der Waals surface area contributed by atoms with Crippen LogP contribution < -0.4 is 0 Å². The molecule has 0 spiro atoms. The van der Waals surface area contributed by atoms with Gasteiger partial charge in [-0.15, -0.1) is 0 Å². The van der Waals surface area contributed by atoms with Crippen LogP contribution in [0.4, 0.5) is 0 Å². The lowest BCUT2D eigenvalue weighted by molar-refractivity contribution is -0.501. The molecule has 0 unspecified atom stereocenters. The standard InChI is InChI=1S/C20H32O5/c1-2-3-13-16-19(24-25-23)17-14-11-9-7-5-4-6-8-10-12-15-18-20(21)22/h4-5,8-11,14,17,19,23H,2-3,6-7,12-13,15-16,18H2,1H3,(H,21,22)/b5-4-,10-8-,11-9-,17-14+/t19-/m0/s1. The van der Waals surface area contributed by atoms with Crippen LogP contribution >= 0.6 is 0 Å². The minimum atomic E-state index is -0.739. The molecule has 0 saturated heterocycles. The average molecular weight is 352 g/mol. The minimum absolute atomic E-state index is 0.230. The van der Waals surface area contributed by atoms with E-state index >= 15 is 0 Å². The lowest BCUT2D eigenvalue weighted by atomic mass is 10.1. The molecule has 0 aliphatic carbocycles. The van der Waals surface area contributed by atoms with Gasteiger partial charge in [-0.25, -0.2) is 5.26 Å². The molecule has 5 nitrogen and oxygen atoms in total. The SMILES string of the molecule is CCCCC[C@@H](/C=C/C=C\C/C=C\C/C=C\CCCC(=O)O)OOO. The molecule has 0 heterocycles. The first-order chi connectivity index (χ1) is 12.2. The van der Waals surface area contributed by atoms with E-state index in [9.17, 15) is 4.79 Å². The number of hydrogen-bond acceptors (Lipinski definition) is 4. The summed E-state index contributed by atoms with van der Waals surface area (Å²) < 4.78 is 0. The Morgan fingerprint density at radius 3 is 2.40 bits per heavy atom. The van der Waals surface area contributed by atoms with Crippen molar-refractivity contribution in [3.05, 3.63) is 48.6 Å². The van der Waals surface area contributed by atoms with Gasteiger partial charge in [0.15, 0.2) is 0 Å². The Balaban J connectivity index is 3.79. The zero-order valence-electron chi connectivity index (χ0n) is 15.2. The van der Waals surface area contributed by atoms with Gasteiger partial charge in [0.25, 0.3) is 0 Å². The van der Waals surface area contributed by atoms with Gasteiger partial charge < -0.3 is 5.11 Å². The molecule has 0 aliphatic rings. The fourth-order valence-corrected chi connectivity index (χ4v) is 2.11. The van der Waals surface area contributed by atoms with Crippen LogP contribution in [-0.2, 0) is 14.7 Å². The van der Waals surface area contributed by atoms with Crippen molar-refractivity contribution in [2.45, 2.75) is 70.8 Å². The summed E-state index contributed by atoms with van der Waals surface area (Å²) in [6, 6.07) is 0. The highest BCUT2D eigenvalue weighted by molar-refractivity contribution is 5.66. The number of hydrogen-bond donors (Lipinski definition) is 2. The number of carbonyl (C=O) groups is 1. The number of carboxylic acids is 1. The van der Waals surface area contributed by atoms with E-state index in [2.05, 4.69) is 30.2 Å². The Kier molecular flexibility index (Phi) is 17.4. The highest BCUT2D eigenvalue weighted by atomic mass is 17.5. The Morgan fingerprint density at radius 1 is 1.00 bits per heavy atom. The quantitative estimate of drug-likeness (QED) is 0.124. The molecular formula is C20H32O5. The molecule has 0 fully saturated rings. The van der Waals surface area contributed by atoms with E-state index in [1.54, 1.807) is 0 Å². The van der Waals surface area contributed by atoms with Gasteiger partial charge in [-0.3, -0.25) is 4.79 Å². The molecule has 25 heavy (non-hydrogen) atoms. The first-order valence-electron chi connectivity index (χ1n) is 9.02. The summed E-state index contributed by atoms with van der Waals surface area (Å²) in [5.41, 5.74) is 0. The zero-order valence-corrected chi connectivity index (χ0v) is 15.2. The molecule has 0 saturated carbocycles. The summed E-state index contributed by atoms with van der Waals surface area (Å²) >= 11 is 0. The fraction of sp³-hybridized carbons (Fsp3) is 0.550. The van der Waals surface area contributed by atoms with E-state index < -0.39 is 5.97 Å². The van der Waals surface area contributed by atoms with Crippen LogP contribution in [-0.4, -0.2) is 22.4 Å². The monoisotopic (exact) mass is 352 g/mol. The smallest absolute Gasteiger partial charge is 0.303 e. The molecule has 5 heteroatoms. The van der Waals surface area contributed by atoms with Gasteiger partial charge in [-0.1, -0.05) is 79.8 Å². The highest BCUT2D eigenvalue weighted by Gasteiger charge is 2.04. The van der Waals surface area contributed by atoms with Gasteiger partial charge in [0, 0.05) is 6.42 Å². The van der Waals surface area contributed by atoms with E-state index in [1.165, 1.54) is 0 Å². The Hall–Kier alpha value is -1.69. The largest absolute Gasteiger partial charge is 0.481 e. The normalized spacial score (nSPS) is 13.7. The topological polar surface area (TPSA) is 76.0 Å². The van der Waals surface area contributed by atoms with Gasteiger partial charge in [0.05, 0.1) is 0 Å². The van der Waals surface area contributed by atoms with E-state index in [1.807, 2.05) is 30.4 Å². The van der Waals surface area contributed by atoms with Crippen molar-refractivity contribution in [1.82, 2.24) is 0 Å². The molecule has 2 N–H and O–H groups in total. The number of carboxylic acid groups (broad SMARTS) is 1. The van der Waals surface area contributed by atoms with Crippen molar-refractivity contribution >= 4 is 5.97 Å². The maximum Gasteiger partial charge on any atom is 0.303 e. The van der Waals surface area contributed by atoms with Crippen LogP contribution in [0.5, 0.6) is 0 Å². The lowest BCUT2D eigenvalue weighted by Crippen LogP contribution is -2.08. The second kappa shape index (κ2) is 18.6. The van der Waals surface area contributed by atoms with Gasteiger partial charge in [-0.2, -0.15) is 4.89 Å². The summed E-state index contributed by atoms with van der Waals surface area (Å²) in [6.45, 7) is 2.14. The summed E-state index contributed by atoms with van der Waals surface area (Å²) in [5, 5.41) is 20.7. The van der Waals surface area contributed by atoms with E-state index in [0.29, 0.717) is 6.42 Å². The summed E-state index contributed by atoms with van der Waals surface area (Å²) in [5.74, 6) is -0.739. The molecular weight excluding hydrogens is 320 g/mol. The number of allylic oxidation sites excluding steroid dienone is 7. The summed E-state index contributed by atoms with van der Waals surface area (Å²) in [6.07, 6.45) is 23.3. The predicted octanol–water partition coefficient (Wildman–Crippen LogP) is 5.62. The molecule has 0 aromatic carbocycles. The number of rotatable bonds is 16. The minimum Gasteiger partial charge on any atom is -0.481 e. The van der Waals surface area contributed by atoms with Crippen molar-refractivity contribution in [1.29, 1.82) is 0 Å². The third-order valence-electron chi connectivity index (χ3n) is 3.47. The fourth-order valence-electron chi connectivity index (χ4n) is 2.11. The molecule has 1 atom stereocenters. The second-order valence-corrected chi connectivity index (χ2v) is 5.72. The Labute approximate surface area is 151 Å². The third-order valence-corrected chi connectivity index (χ3v) is 3.47. The predicted molar refractivity (Wildman–Crippen MR) is 100 cm³/mol. The van der Waals surface area contributed by atoms with Gasteiger partial charge in [-0.05, 0) is 32.1 Å². The maximum atomic E-state index is 10.3. The van der Waals surface area contributed by atoms with Gasteiger partial charge in [0.2, 0.25) is 0 Å². The molecule has 0 radical (unpaired) electrons. The van der Waals surface area contributed by atoms with Crippen LogP contribution in [0, 0.1) is 0 Å². The van der Waals surface area contributed by atoms with Crippen LogP contribution in [0.25, 0.3) is 0 Å². The maximum absolute atomic E-state index is 10.3. The van der Waals surface area contributed by atoms with Crippen molar-refractivity contribution in [3.63, 3.8) is 0 Å². The molecule has 0 amide bonds. The molecule has 0 aromatic rings. The molecule has 0 rings (SSSR count). The van der Waals surface area contributed by atoms with Crippen molar-refractivity contribution in [2.75, 3.05) is 0 Å². The third kappa shape index (κ3) is 18.5. The lowest BCUT2D eigenvalue weighted by Gasteiger charge is -2.08. The molecule has 142 valence electrons. The van der Waals surface area contributed by atoms with Crippen LogP contribution in [0.2, 0.25) is 0 Å². The van der Waals surface area contributed by atoms with E-state index in [-0.39, 0.29) is 12.5 Å². The first-order valence-corrected chi connectivity index (χ1v) is 9.02. The summed E-state index contributed by atoms with van der Waals surface area (Å²) in [7, 11) is 0. The first kappa shape index (κ1) is 23.3. The van der Waals surface area contributed by atoms with Crippen LogP contribution in [0.1, 0.15) is 64.7 Å². The highest BCUT2D eigenvalue weighted by Crippen LogP contribution is 2.08. The Bertz CT molecular complexity index is 424. The average Bonchev–Trinajstić information content (AvgIpc) is 2.58. The van der Waals surface area contributed by atoms with Crippen molar-refractivity contribution in [3.8, 4) is 0 Å². The molecule has 0 aliphatic heterocycles. The van der Waals surface area contributed by atoms with Gasteiger partial charge in [0.1, 0.15) is 6.10 Å². The molecule has 0 aromatic heterocycles. The van der Waals surface area contributed by atoms with E-state index in [0.717, 1.165) is 44.9 Å².